The van der Waals surface area contributed by atoms with Crippen LogP contribution in [0.3, 0.4) is 0 Å². The van der Waals surface area contributed by atoms with Gasteiger partial charge in [0.05, 0.1) is 16.7 Å². The number of aromatic nitrogens is 1. The van der Waals surface area contributed by atoms with Crippen molar-refractivity contribution in [3.8, 4) is 0 Å². The molecule has 1 aromatic heterocycles. The second-order valence-electron chi connectivity index (χ2n) is 4.20. The lowest BCUT2D eigenvalue weighted by Gasteiger charge is -1.99. The third kappa shape index (κ3) is 4.06. The Kier molecular flexibility index (Phi) is 5.37. The Hall–Kier alpha value is -1.84. The first-order valence-corrected chi connectivity index (χ1v) is 7.18. The van der Waals surface area contributed by atoms with Gasteiger partial charge in [0.1, 0.15) is 0 Å². The molecule has 0 atom stereocenters. The van der Waals surface area contributed by atoms with Crippen LogP contribution < -0.4 is 4.57 Å². The number of hydrogen-bond donors (Lipinski definition) is 0. The number of nitrogens with zero attached hydrogens (tertiary/aromatic N) is 1. The van der Waals surface area contributed by atoms with Crippen LogP contribution in [0.5, 0.6) is 0 Å². The molecule has 3 nitrogen and oxygen atoms in total. The Morgan fingerprint density at radius 2 is 2.00 bits per heavy atom. The first-order valence-electron chi connectivity index (χ1n) is 6.42. The van der Waals surface area contributed by atoms with E-state index in [1.54, 1.807) is 31.3 Å². The largest absolute Gasteiger partial charge is 0.602 e. The SMILES string of the molecule is CCOC(=O)[n+]1ccccc1/C=C/c1ccc(Cl)c(Cl)c1. The lowest BCUT2D eigenvalue weighted by molar-refractivity contribution is -0.587. The van der Waals surface area contributed by atoms with Gasteiger partial charge in [-0.1, -0.05) is 33.8 Å². The van der Waals surface area contributed by atoms with E-state index in [0.717, 1.165) is 5.56 Å². The number of rotatable bonds is 3. The molecule has 0 spiro atoms. The van der Waals surface area contributed by atoms with Crippen LogP contribution in [0.1, 0.15) is 18.2 Å². The van der Waals surface area contributed by atoms with Gasteiger partial charge < -0.3 is 4.74 Å². The molecule has 0 aliphatic carbocycles. The fourth-order valence-corrected chi connectivity index (χ4v) is 2.06. The van der Waals surface area contributed by atoms with Crippen molar-refractivity contribution in [2.24, 2.45) is 0 Å². The molecule has 108 valence electrons. The molecule has 0 unspecified atom stereocenters. The van der Waals surface area contributed by atoms with Crippen molar-refractivity contribution in [2.45, 2.75) is 6.92 Å². The van der Waals surface area contributed by atoms with E-state index in [1.807, 2.05) is 30.4 Å². The fraction of sp³-hybridized carbons (Fsp3) is 0.125. The summed E-state index contributed by atoms with van der Waals surface area (Å²) in [5.74, 6) is 0. The van der Waals surface area contributed by atoms with Crippen LogP contribution in [0.2, 0.25) is 10.0 Å². The second kappa shape index (κ2) is 7.25. The highest BCUT2D eigenvalue weighted by Crippen LogP contribution is 2.23. The maximum absolute atomic E-state index is 11.8. The molecule has 0 bridgehead atoms. The molecule has 2 rings (SSSR count). The van der Waals surface area contributed by atoms with Crippen LogP contribution in [0.25, 0.3) is 12.2 Å². The van der Waals surface area contributed by atoms with Crippen molar-refractivity contribution in [1.29, 1.82) is 0 Å². The van der Waals surface area contributed by atoms with Crippen LogP contribution in [0, 0.1) is 0 Å². The van der Waals surface area contributed by atoms with Gasteiger partial charge in [-0.25, -0.2) is 0 Å². The lowest BCUT2D eigenvalue weighted by Crippen LogP contribution is -2.45. The summed E-state index contributed by atoms with van der Waals surface area (Å²) < 4.78 is 6.45. The van der Waals surface area contributed by atoms with Crippen molar-refractivity contribution >= 4 is 41.4 Å². The smallest absolute Gasteiger partial charge is 0.412 e. The Labute approximate surface area is 133 Å². The van der Waals surface area contributed by atoms with Crippen molar-refractivity contribution in [3.05, 3.63) is 63.9 Å². The summed E-state index contributed by atoms with van der Waals surface area (Å²) in [6.45, 7) is 2.10. The highest BCUT2D eigenvalue weighted by Gasteiger charge is 2.18. The molecule has 2 aromatic rings. The Balaban J connectivity index is 2.28. The zero-order valence-electron chi connectivity index (χ0n) is 11.4. The van der Waals surface area contributed by atoms with E-state index in [9.17, 15) is 4.79 Å². The molecular formula is C16H14Cl2NO2+. The van der Waals surface area contributed by atoms with Gasteiger partial charge in [0.15, 0.2) is 6.20 Å². The quantitative estimate of drug-likeness (QED) is 0.781. The van der Waals surface area contributed by atoms with E-state index in [1.165, 1.54) is 4.57 Å². The minimum absolute atomic E-state index is 0.330. The Bertz CT molecular complexity index is 684. The third-order valence-electron chi connectivity index (χ3n) is 2.75. The maximum Gasteiger partial charge on any atom is 0.602 e. The molecule has 0 fully saturated rings. The Morgan fingerprint density at radius 3 is 2.71 bits per heavy atom. The number of carbonyl (C=O) groups excluding carboxylic acids is 1. The summed E-state index contributed by atoms with van der Waals surface area (Å²) in [6, 6.07) is 10.8. The number of hydrogen-bond acceptors (Lipinski definition) is 2. The number of carbonyl (C=O) groups is 1. The normalized spacial score (nSPS) is 10.8. The molecule has 0 saturated carbocycles. The summed E-state index contributed by atoms with van der Waals surface area (Å²) in [7, 11) is 0. The van der Waals surface area contributed by atoms with E-state index in [4.69, 9.17) is 27.9 Å². The number of benzene rings is 1. The number of halogens is 2. The molecule has 21 heavy (non-hydrogen) atoms. The van der Waals surface area contributed by atoms with Crippen LogP contribution in [-0.2, 0) is 4.74 Å². The summed E-state index contributed by atoms with van der Waals surface area (Å²) >= 11 is 11.9. The van der Waals surface area contributed by atoms with Gasteiger partial charge in [0.2, 0.25) is 5.69 Å². The van der Waals surface area contributed by atoms with Crippen LogP contribution >= 0.6 is 23.2 Å². The average molecular weight is 323 g/mol. The summed E-state index contributed by atoms with van der Waals surface area (Å²) in [4.78, 5) is 11.8. The molecular weight excluding hydrogens is 309 g/mol. The van der Waals surface area contributed by atoms with Gasteiger partial charge in [-0.2, -0.15) is 4.79 Å². The molecule has 5 heteroatoms. The molecule has 0 saturated heterocycles. The van der Waals surface area contributed by atoms with Crippen LogP contribution in [0.4, 0.5) is 4.79 Å². The molecule has 1 aromatic carbocycles. The molecule has 1 heterocycles. The number of pyridine rings is 1. The van der Waals surface area contributed by atoms with Crippen molar-refractivity contribution in [1.82, 2.24) is 0 Å². The number of ether oxygens (including phenoxy) is 1. The van der Waals surface area contributed by atoms with E-state index < -0.39 is 6.09 Å². The average Bonchev–Trinajstić information content (AvgIpc) is 2.49. The van der Waals surface area contributed by atoms with Gasteiger partial charge in [0, 0.05) is 18.2 Å². The maximum atomic E-state index is 11.8. The molecule has 0 aliphatic rings. The summed E-state index contributed by atoms with van der Waals surface area (Å²) in [6.07, 6.45) is 4.92. The topological polar surface area (TPSA) is 30.2 Å². The predicted octanol–water partition coefficient (Wildman–Crippen LogP) is 4.46. The highest BCUT2D eigenvalue weighted by molar-refractivity contribution is 6.42. The van der Waals surface area contributed by atoms with E-state index >= 15 is 0 Å². The monoisotopic (exact) mass is 322 g/mol. The predicted molar refractivity (Wildman–Crippen MR) is 84.4 cm³/mol. The van der Waals surface area contributed by atoms with Gasteiger partial charge in [0.25, 0.3) is 0 Å². The zero-order chi connectivity index (χ0) is 15.2. The highest BCUT2D eigenvalue weighted by atomic mass is 35.5. The molecule has 0 N–H and O–H groups in total. The molecule has 0 aliphatic heterocycles. The van der Waals surface area contributed by atoms with Gasteiger partial charge in [-0.05, 0) is 36.8 Å². The first kappa shape index (κ1) is 15.5. The van der Waals surface area contributed by atoms with E-state index in [0.29, 0.717) is 22.3 Å². The van der Waals surface area contributed by atoms with Gasteiger partial charge in [-0.15, -0.1) is 0 Å². The van der Waals surface area contributed by atoms with Crippen molar-refractivity contribution in [3.63, 3.8) is 0 Å². The standard InChI is InChI=1S/C16H14Cl2NO2/c1-2-21-16(20)19-10-4-3-5-13(19)8-6-12-7-9-14(17)15(18)11-12/h3-11H,2H2,1H3/q+1/b8-6+. The van der Waals surface area contributed by atoms with E-state index in [2.05, 4.69) is 0 Å². The van der Waals surface area contributed by atoms with Crippen LogP contribution in [0.15, 0.2) is 42.6 Å². The summed E-state index contributed by atoms with van der Waals surface area (Å²) in [5.41, 5.74) is 1.60. The van der Waals surface area contributed by atoms with Crippen molar-refractivity contribution < 1.29 is 14.1 Å². The molecule has 0 amide bonds. The van der Waals surface area contributed by atoms with Gasteiger partial charge in [-0.3, -0.25) is 0 Å². The van der Waals surface area contributed by atoms with Gasteiger partial charge >= 0.3 is 6.09 Å². The molecule has 0 radical (unpaired) electrons. The lowest BCUT2D eigenvalue weighted by atomic mass is 10.2. The summed E-state index contributed by atoms with van der Waals surface area (Å²) in [5, 5.41) is 1.00. The first-order chi connectivity index (χ1) is 10.1. The zero-order valence-corrected chi connectivity index (χ0v) is 12.9. The second-order valence-corrected chi connectivity index (χ2v) is 5.02. The Morgan fingerprint density at radius 1 is 1.19 bits per heavy atom. The minimum Gasteiger partial charge on any atom is -0.412 e. The minimum atomic E-state index is -0.410. The fourth-order valence-electron chi connectivity index (χ4n) is 1.75. The van der Waals surface area contributed by atoms with Crippen molar-refractivity contribution in [2.75, 3.05) is 6.61 Å². The van der Waals surface area contributed by atoms with E-state index in [-0.39, 0.29) is 0 Å². The third-order valence-corrected chi connectivity index (χ3v) is 3.49. The van der Waals surface area contributed by atoms with Crippen LogP contribution in [-0.4, -0.2) is 12.7 Å².